The van der Waals surface area contributed by atoms with E-state index in [-0.39, 0.29) is 24.1 Å². The molecule has 0 aliphatic carbocycles. The monoisotopic (exact) mass is 550 g/mol. The largest absolute Gasteiger partial charge is 0.492 e. The standard InChI is InChI=1S/C28H23FN2O7S/c1-15-13-21(16(2)37-15)26(32)31-27(39-25(30-31)17-7-9-18(29)10-8-17)20-5-4-6-22(24(20)35-3)36-14-19-11-12-23(38-19)28(33)34/h4-13,27H,14H2,1-3H3,(H,33,34). The molecule has 39 heavy (non-hydrogen) atoms. The molecule has 1 aliphatic heterocycles. The van der Waals surface area contributed by atoms with Crippen molar-refractivity contribution in [3.8, 4) is 11.5 Å². The lowest BCUT2D eigenvalue weighted by molar-refractivity contribution is 0.0657. The van der Waals surface area contributed by atoms with Crippen LogP contribution in [-0.4, -0.2) is 34.1 Å². The number of carbonyl (C=O) groups excluding carboxylic acids is 1. The lowest BCUT2D eigenvalue weighted by Crippen LogP contribution is -2.26. The molecule has 9 nitrogen and oxygen atoms in total. The Labute approximate surface area is 226 Å². The maximum atomic E-state index is 13.7. The Morgan fingerprint density at radius 3 is 2.51 bits per heavy atom. The predicted octanol–water partition coefficient (Wildman–Crippen LogP) is 6.16. The van der Waals surface area contributed by atoms with Gasteiger partial charge in [0.2, 0.25) is 5.76 Å². The molecular weight excluding hydrogens is 527 g/mol. The predicted molar refractivity (Wildman–Crippen MR) is 141 cm³/mol. The van der Waals surface area contributed by atoms with Gasteiger partial charge in [0.05, 0.1) is 12.7 Å². The van der Waals surface area contributed by atoms with E-state index in [4.69, 9.17) is 23.4 Å². The third-order valence-corrected chi connectivity index (χ3v) is 7.15. The summed E-state index contributed by atoms with van der Waals surface area (Å²) in [6, 6.07) is 15.7. The van der Waals surface area contributed by atoms with Crippen LogP contribution in [0.25, 0.3) is 0 Å². The van der Waals surface area contributed by atoms with E-state index in [2.05, 4.69) is 5.10 Å². The van der Waals surface area contributed by atoms with E-state index in [1.54, 1.807) is 50.2 Å². The first-order chi connectivity index (χ1) is 18.7. The first-order valence-electron chi connectivity index (χ1n) is 11.8. The van der Waals surface area contributed by atoms with Gasteiger partial charge >= 0.3 is 5.97 Å². The van der Waals surface area contributed by atoms with Crippen LogP contribution in [0.3, 0.4) is 0 Å². The van der Waals surface area contributed by atoms with Gasteiger partial charge < -0.3 is 23.4 Å². The molecule has 2 aromatic carbocycles. The van der Waals surface area contributed by atoms with Crippen LogP contribution in [-0.2, 0) is 6.61 Å². The second-order valence-electron chi connectivity index (χ2n) is 8.60. The number of halogens is 1. The molecule has 0 bridgehead atoms. The van der Waals surface area contributed by atoms with Crippen LogP contribution in [0.1, 0.15) is 54.7 Å². The molecule has 5 rings (SSSR count). The molecule has 0 fully saturated rings. The minimum atomic E-state index is -1.18. The Morgan fingerprint density at radius 2 is 1.87 bits per heavy atom. The molecule has 2 aromatic heterocycles. The van der Waals surface area contributed by atoms with E-state index >= 15 is 0 Å². The van der Waals surface area contributed by atoms with Crippen molar-refractivity contribution in [1.82, 2.24) is 5.01 Å². The number of ether oxygens (including phenoxy) is 2. The molecule has 11 heteroatoms. The molecule has 3 heterocycles. The lowest BCUT2D eigenvalue weighted by atomic mass is 10.1. The fourth-order valence-electron chi connectivity index (χ4n) is 4.14. The molecule has 1 unspecified atom stereocenters. The number of para-hydroxylation sites is 1. The summed E-state index contributed by atoms with van der Waals surface area (Å²) in [6.07, 6.45) is 0. The number of furan rings is 2. The van der Waals surface area contributed by atoms with Crippen molar-refractivity contribution >= 4 is 28.7 Å². The minimum absolute atomic E-state index is 0.0433. The number of benzene rings is 2. The van der Waals surface area contributed by atoms with Gasteiger partial charge in [-0.2, -0.15) is 5.10 Å². The number of rotatable bonds is 8. The number of amides is 1. The van der Waals surface area contributed by atoms with Crippen LogP contribution >= 0.6 is 11.8 Å². The lowest BCUT2D eigenvalue weighted by Gasteiger charge is -2.23. The van der Waals surface area contributed by atoms with E-state index in [1.165, 1.54) is 48.1 Å². The number of hydrazone groups is 1. The Bertz CT molecular complexity index is 1570. The summed E-state index contributed by atoms with van der Waals surface area (Å²) in [5, 5.41) is 14.9. The van der Waals surface area contributed by atoms with Gasteiger partial charge in [0.15, 0.2) is 11.5 Å². The molecule has 1 N–H and O–H groups in total. The molecular formula is C28H23FN2O7S. The number of carbonyl (C=O) groups is 2. The average Bonchev–Trinajstić information content (AvgIpc) is 3.65. The number of carboxylic acids is 1. The SMILES string of the molecule is COc1c(OCc2ccc(C(=O)O)o2)cccc1C1SC(c2ccc(F)cc2)=NN1C(=O)c1cc(C)oc1C. The Hall–Kier alpha value is -4.51. The summed E-state index contributed by atoms with van der Waals surface area (Å²) in [6.45, 7) is 3.43. The number of aryl methyl sites for hydroxylation is 2. The van der Waals surface area contributed by atoms with Crippen molar-refractivity contribution in [3.63, 3.8) is 0 Å². The number of nitrogens with zero attached hydrogens (tertiary/aromatic N) is 2. The normalized spacial score (nSPS) is 14.8. The van der Waals surface area contributed by atoms with Crippen molar-refractivity contribution in [2.24, 2.45) is 5.10 Å². The van der Waals surface area contributed by atoms with E-state index in [0.717, 1.165) is 0 Å². The van der Waals surface area contributed by atoms with Gasteiger partial charge in [0, 0.05) is 11.1 Å². The maximum absolute atomic E-state index is 13.7. The zero-order chi connectivity index (χ0) is 27.7. The summed E-state index contributed by atoms with van der Waals surface area (Å²) in [4.78, 5) is 24.8. The highest BCUT2D eigenvalue weighted by molar-refractivity contribution is 8.14. The number of hydrogen-bond acceptors (Lipinski definition) is 8. The van der Waals surface area contributed by atoms with Crippen molar-refractivity contribution < 1.29 is 37.4 Å². The number of methoxy groups -OCH3 is 1. The topological polar surface area (TPSA) is 115 Å². The summed E-state index contributed by atoms with van der Waals surface area (Å²) < 4.78 is 36.1. The first-order valence-corrected chi connectivity index (χ1v) is 12.7. The average molecular weight is 551 g/mol. The van der Waals surface area contributed by atoms with Crippen LogP contribution in [0, 0.1) is 19.7 Å². The molecule has 1 atom stereocenters. The Balaban J connectivity index is 1.50. The third kappa shape index (κ3) is 5.26. The quantitative estimate of drug-likeness (QED) is 0.277. The summed E-state index contributed by atoms with van der Waals surface area (Å²) in [7, 11) is 1.48. The van der Waals surface area contributed by atoms with Crippen LogP contribution in [0.15, 0.2) is 74.6 Å². The first kappa shape index (κ1) is 26.1. The highest BCUT2D eigenvalue weighted by Crippen LogP contribution is 2.48. The smallest absolute Gasteiger partial charge is 0.371 e. The number of aromatic carboxylic acids is 1. The van der Waals surface area contributed by atoms with E-state index < -0.39 is 11.3 Å². The van der Waals surface area contributed by atoms with Crippen LogP contribution in [0.5, 0.6) is 11.5 Å². The molecule has 0 radical (unpaired) electrons. The summed E-state index contributed by atoms with van der Waals surface area (Å²) in [5.74, 6) is -0.00673. The number of thioether (sulfide) groups is 1. The van der Waals surface area contributed by atoms with Gasteiger partial charge in [-0.3, -0.25) is 4.79 Å². The van der Waals surface area contributed by atoms with E-state index in [9.17, 15) is 14.0 Å². The molecule has 1 aliphatic rings. The Kier molecular flexibility index (Phi) is 7.16. The zero-order valence-corrected chi connectivity index (χ0v) is 22.0. The van der Waals surface area contributed by atoms with Crippen molar-refractivity contribution in [2.75, 3.05) is 7.11 Å². The fourth-order valence-corrected chi connectivity index (χ4v) is 5.31. The van der Waals surface area contributed by atoms with E-state index in [1.807, 2.05) is 0 Å². The number of carboxylic acid groups (broad SMARTS) is 1. The highest BCUT2D eigenvalue weighted by atomic mass is 32.2. The van der Waals surface area contributed by atoms with Crippen LogP contribution in [0.4, 0.5) is 4.39 Å². The van der Waals surface area contributed by atoms with Gasteiger partial charge in [0.1, 0.15) is 40.1 Å². The van der Waals surface area contributed by atoms with Gasteiger partial charge in [-0.15, -0.1) is 0 Å². The molecule has 200 valence electrons. The molecule has 0 spiro atoms. The Morgan fingerprint density at radius 1 is 1.10 bits per heavy atom. The zero-order valence-electron chi connectivity index (χ0n) is 21.1. The van der Waals surface area contributed by atoms with Gasteiger partial charge in [-0.1, -0.05) is 23.9 Å². The van der Waals surface area contributed by atoms with Crippen molar-refractivity contribution in [3.05, 3.63) is 106 Å². The minimum Gasteiger partial charge on any atom is -0.492 e. The maximum Gasteiger partial charge on any atom is 0.371 e. The fraction of sp³-hybridized carbons (Fsp3) is 0.179. The molecule has 0 saturated heterocycles. The number of hydrogen-bond donors (Lipinski definition) is 1. The van der Waals surface area contributed by atoms with Gasteiger partial charge in [0.25, 0.3) is 5.91 Å². The molecule has 4 aromatic rings. The van der Waals surface area contributed by atoms with E-state index in [0.29, 0.717) is 50.5 Å². The van der Waals surface area contributed by atoms with Gasteiger partial charge in [-0.25, -0.2) is 14.2 Å². The second-order valence-corrected chi connectivity index (χ2v) is 9.67. The van der Waals surface area contributed by atoms with Gasteiger partial charge in [-0.05, 0) is 62.4 Å². The van der Waals surface area contributed by atoms with Crippen molar-refractivity contribution in [1.29, 1.82) is 0 Å². The summed E-state index contributed by atoms with van der Waals surface area (Å²) >= 11 is 1.31. The van der Waals surface area contributed by atoms with Crippen LogP contribution < -0.4 is 9.47 Å². The highest BCUT2D eigenvalue weighted by Gasteiger charge is 2.38. The molecule has 1 amide bonds. The second kappa shape index (κ2) is 10.7. The third-order valence-electron chi connectivity index (χ3n) is 5.94. The summed E-state index contributed by atoms with van der Waals surface area (Å²) in [5.41, 5.74) is 1.64. The van der Waals surface area contributed by atoms with Crippen molar-refractivity contribution in [2.45, 2.75) is 25.8 Å². The van der Waals surface area contributed by atoms with Crippen LogP contribution in [0.2, 0.25) is 0 Å². The molecule has 0 saturated carbocycles.